The molecule has 3 aromatic carbocycles. The molecular formula is C36H44O2. The Bertz CT molecular complexity index is 1110. The fourth-order valence-electron chi connectivity index (χ4n) is 4.54. The Morgan fingerprint density at radius 3 is 1.87 bits per heavy atom. The summed E-state index contributed by atoms with van der Waals surface area (Å²) in [5.74, 6) is 0.998. The standard InChI is InChI=1S/C36H44O2/c1-30(2)33-24-26-35(27-25-33)38-29-15-10-8-6-4-3-5-7-9-12-16-31-19-21-32(22-20-31)23-28-36(37)34-17-13-11-14-18-34/h11,13-14,17-28H,1,3-10,12,15-16,29H2,2H3/b28-23+. The number of hydrogen-bond donors (Lipinski definition) is 0. The molecule has 0 saturated heterocycles. The molecule has 3 aromatic rings. The summed E-state index contributed by atoms with van der Waals surface area (Å²) >= 11 is 0. The van der Waals surface area contributed by atoms with E-state index in [-0.39, 0.29) is 5.78 Å². The lowest BCUT2D eigenvalue weighted by atomic mass is 10.0. The topological polar surface area (TPSA) is 26.3 Å². The molecular weight excluding hydrogens is 464 g/mol. The van der Waals surface area contributed by atoms with Gasteiger partial charge in [-0.05, 0) is 61.1 Å². The Balaban J connectivity index is 1.14. The van der Waals surface area contributed by atoms with Crippen LogP contribution in [0.4, 0.5) is 0 Å². The molecule has 200 valence electrons. The molecule has 0 unspecified atom stereocenters. The quantitative estimate of drug-likeness (QED) is 0.0970. The summed E-state index contributed by atoms with van der Waals surface area (Å²) in [6, 6.07) is 26.2. The Hall–Kier alpha value is -3.39. The van der Waals surface area contributed by atoms with Gasteiger partial charge in [0.05, 0.1) is 6.61 Å². The highest BCUT2D eigenvalue weighted by molar-refractivity contribution is 6.06. The van der Waals surface area contributed by atoms with Crippen molar-refractivity contribution in [2.24, 2.45) is 0 Å². The van der Waals surface area contributed by atoms with Crippen LogP contribution in [0.1, 0.15) is 98.2 Å². The lowest BCUT2D eigenvalue weighted by Crippen LogP contribution is -1.97. The van der Waals surface area contributed by atoms with Crippen LogP contribution in [-0.4, -0.2) is 12.4 Å². The van der Waals surface area contributed by atoms with Crippen molar-refractivity contribution in [1.29, 1.82) is 0 Å². The van der Waals surface area contributed by atoms with Crippen LogP contribution < -0.4 is 4.74 Å². The van der Waals surface area contributed by atoms with E-state index >= 15 is 0 Å². The summed E-state index contributed by atoms with van der Waals surface area (Å²) in [7, 11) is 0. The lowest BCUT2D eigenvalue weighted by Gasteiger charge is -2.07. The first-order valence-electron chi connectivity index (χ1n) is 14.4. The molecule has 0 spiro atoms. The average molecular weight is 509 g/mol. The first-order chi connectivity index (χ1) is 18.6. The molecule has 0 aromatic heterocycles. The van der Waals surface area contributed by atoms with Gasteiger partial charge in [-0.2, -0.15) is 0 Å². The SMILES string of the molecule is C=C(C)c1ccc(OCCCCCCCCCCCCc2ccc(/C=C/C(=O)c3ccccc3)cc2)cc1. The largest absolute Gasteiger partial charge is 0.494 e. The molecule has 0 heterocycles. The maximum Gasteiger partial charge on any atom is 0.185 e. The van der Waals surface area contributed by atoms with Crippen molar-refractivity contribution in [2.75, 3.05) is 6.61 Å². The van der Waals surface area contributed by atoms with Gasteiger partial charge in [0.1, 0.15) is 5.75 Å². The molecule has 0 amide bonds. The number of hydrogen-bond acceptors (Lipinski definition) is 2. The Kier molecular flexibility index (Phi) is 13.2. The molecule has 0 atom stereocenters. The summed E-state index contributed by atoms with van der Waals surface area (Å²) < 4.78 is 5.85. The number of unbranched alkanes of at least 4 members (excludes halogenated alkanes) is 9. The predicted molar refractivity (Wildman–Crippen MR) is 163 cm³/mol. The van der Waals surface area contributed by atoms with Gasteiger partial charge in [0.15, 0.2) is 5.78 Å². The first-order valence-corrected chi connectivity index (χ1v) is 14.4. The molecule has 0 radical (unpaired) electrons. The van der Waals surface area contributed by atoms with Crippen LogP contribution in [0.5, 0.6) is 5.75 Å². The number of allylic oxidation sites excluding steroid dienone is 2. The number of benzene rings is 3. The fraction of sp³-hybridized carbons (Fsp3) is 0.361. The molecule has 0 saturated carbocycles. The zero-order valence-electron chi connectivity index (χ0n) is 23.2. The third kappa shape index (κ3) is 11.3. The molecule has 0 bridgehead atoms. The van der Waals surface area contributed by atoms with Crippen molar-refractivity contribution in [1.82, 2.24) is 0 Å². The van der Waals surface area contributed by atoms with E-state index in [1.165, 1.54) is 68.9 Å². The summed E-state index contributed by atoms with van der Waals surface area (Å²) in [5.41, 5.74) is 5.43. The van der Waals surface area contributed by atoms with Gasteiger partial charge < -0.3 is 4.74 Å². The summed E-state index contributed by atoms with van der Waals surface area (Å²) in [5, 5.41) is 0. The molecule has 0 aliphatic carbocycles. The van der Waals surface area contributed by atoms with Crippen molar-refractivity contribution in [3.8, 4) is 5.75 Å². The van der Waals surface area contributed by atoms with E-state index in [2.05, 4.69) is 43.0 Å². The fourth-order valence-corrected chi connectivity index (χ4v) is 4.54. The van der Waals surface area contributed by atoms with Crippen molar-refractivity contribution in [2.45, 2.75) is 77.6 Å². The number of carbonyl (C=O) groups is 1. The smallest absolute Gasteiger partial charge is 0.185 e. The summed E-state index contributed by atoms with van der Waals surface area (Å²) in [6.45, 7) is 6.80. The number of aryl methyl sites for hydroxylation is 1. The number of ketones is 1. The molecule has 0 N–H and O–H groups in total. The zero-order chi connectivity index (χ0) is 26.8. The molecule has 2 nitrogen and oxygen atoms in total. The minimum absolute atomic E-state index is 0.0427. The minimum atomic E-state index is 0.0427. The Morgan fingerprint density at radius 1 is 0.684 bits per heavy atom. The molecule has 0 fully saturated rings. The second kappa shape index (κ2) is 17.2. The van der Waals surface area contributed by atoms with E-state index in [4.69, 9.17) is 4.74 Å². The van der Waals surface area contributed by atoms with Gasteiger partial charge in [0.2, 0.25) is 0 Å². The van der Waals surface area contributed by atoms with Crippen molar-refractivity contribution in [3.63, 3.8) is 0 Å². The van der Waals surface area contributed by atoms with Crippen LogP contribution in [0, 0.1) is 0 Å². The van der Waals surface area contributed by atoms with Gasteiger partial charge in [-0.15, -0.1) is 0 Å². The number of carbonyl (C=O) groups excluding carboxylic acids is 1. The van der Waals surface area contributed by atoms with Crippen LogP contribution in [0.25, 0.3) is 11.6 Å². The van der Waals surface area contributed by atoms with E-state index in [0.29, 0.717) is 0 Å². The third-order valence-electron chi connectivity index (χ3n) is 6.94. The zero-order valence-corrected chi connectivity index (χ0v) is 23.2. The second-order valence-electron chi connectivity index (χ2n) is 10.2. The van der Waals surface area contributed by atoms with Gasteiger partial charge >= 0.3 is 0 Å². The van der Waals surface area contributed by atoms with E-state index in [0.717, 1.165) is 41.9 Å². The normalized spacial score (nSPS) is 11.1. The van der Waals surface area contributed by atoms with Gasteiger partial charge in [0.25, 0.3) is 0 Å². The van der Waals surface area contributed by atoms with Crippen LogP contribution >= 0.6 is 0 Å². The minimum Gasteiger partial charge on any atom is -0.494 e. The maximum atomic E-state index is 12.2. The highest BCUT2D eigenvalue weighted by Crippen LogP contribution is 2.18. The van der Waals surface area contributed by atoms with E-state index < -0.39 is 0 Å². The second-order valence-corrected chi connectivity index (χ2v) is 10.2. The summed E-state index contributed by atoms with van der Waals surface area (Å²) in [4.78, 5) is 12.2. The summed E-state index contributed by atoms with van der Waals surface area (Å²) in [6.07, 6.45) is 17.7. The van der Waals surface area contributed by atoms with E-state index in [9.17, 15) is 4.79 Å². The maximum absolute atomic E-state index is 12.2. The van der Waals surface area contributed by atoms with E-state index in [1.54, 1.807) is 6.08 Å². The molecule has 38 heavy (non-hydrogen) atoms. The highest BCUT2D eigenvalue weighted by Gasteiger charge is 2.01. The first kappa shape index (κ1) is 29.2. The molecule has 0 aliphatic rings. The van der Waals surface area contributed by atoms with Crippen LogP contribution in [0.2, 0.25) is 0 Å². The predicted octanol–water partition coefficient (Wildman–Crippen LogP) is 10.1. The average Bonchev–Trinajstić information content (AvgIpc) is 2.95. The van der Waals surface area contributed by atoms with Crippen molar-refractivity contribution < 1.29 is 9.53 Å². The monoisotopic (exact) mass is 508 g/mol. The number of rotatable bonds is 18. The van der Waals surface area contributed by atoms with Crippen LogP contribution in [0.15, 0.2) is 91.5 Å². The van der Waals surface area contributed by atoms with Gasteiger partial charge in [-0.25, -0.2) is 0 Å². The lowest BCUT2D eigenvalue weighted by molar-refractivity contribution is 0.104. The highest BCUT2D eigenvalue weighted by atomic mass is 16.5. The van der Waals surface area contributed by atoms with Gasteiger partial charge in [0, 0.05) is 5.56 Å². The Morgan fingerprint density at radius 2 is 1.26 bits per heavy atom. The Labute approximate surface area is 230 Å². The van der Waals surface area contributed by atoms with Crippen LogP contribution in [0.3, 0.4) is 0 Å². The molecule has 3 rings (SSSR count). The van der Waals surface area contributed by atoms with Crippen LogP contribution in [-0.2, 0) is 6.42 Å². The van der Waals surface area contributed by atoms with Gasteiger partial charge in [-0.1, -0.05) is 136 Å². The van der Waals surface area contributed by atoms with Crippen molar-refractivity contribution >= 4 is 17.4 Å². The number of ether oxygens (including phenoxy) is 1. The third-order valence-corrected chi connectivity index (χ3v) is 6.94. The van der Waals surface area contributed by atoms with E-state index in [1.807, 2.05) is 55.5 Å². The molecule has 0 aliphatic heterocycles. The van der Waals surface area contributed by atoms with Gasteiger partial charge in [-0.3, -0.25) is 4.79 Å². The van der Waals surface area contributed by atoms with Crippen molar-refractivity contribution in [3.05, 3.63) is 114 Å². The molecule has 2 heteroatoms.